The third-order valence-corrected chi connectivity index (χ3v) is 2.80. The quantitative estimate of drug-likeness (QED) is 0.827. The van der Waals surface area contributed by atoms with Crippen LogP contribution in [0.15, 0.2) is 18.3 Å². The number of rotatable bonds is 3. The number of hydrogen-bond acceptors (Lipinski definition) is 1. The molecule has 1 aromatic carbocycles. The minimum atomic E-state index is -0.564. The highest BCUT2D eigenvalue weighted by molar-refractivity contribution is 5.83. The molecule has 0 spiro atoms. The maximum Gasteiger partial charge on any atom is 0.150 e. The van der Waals surface area contributed by atoms with Crippen molar-refractivity contribution in [3.05, 3.63) is 35.5 Å². The van der Waals surface area contributed by atoms with Crippen LogP contribution in [0.5, 0.6) is 0 Å². The molecule has 2 nitrogen and oxygen atoms in total. The minimum absolute atomic E-state index is 0.0188. The van der Waals surface area contributed by atoms with Crippen molar-refractivity contribution in [1.82, 2.24) is 4.98 Å². The van der Waals surface area contributed by atoms with Crippen LogP contribution in [0.4, 0.5) is 8.78 Å². The number of fused-ring (bicyclic) bond motifs is 1. The van der Waals surface area contributed by atoms with E-state index in [0.717, 1.165) is 18.1 Å². The molecule has 2 rings (SSSR count). The van der Waals surface area contributed by atoms with Crippen molar-refractivity contribution < 1.29 is 8.78 Å². The standard InChI is InChI=1S/C12H14F2N2/c1-2-9(15)3-7-6-16-12-10(7)4-8(13)5-11(12)14/h4-6,9,16H,2-3,15H2,1H3/t9-/m0/s1. The third-order valence-electron chi connectivity index (χ3n) is 2.80. The van der Waals surface area contributed by atoms with E-state index in [-0.39, 0.29) is 6.04 Å². The highest BCUT2D eigenvalue weighted by Crippen LogP contribution is 2.23. The molecule has 3 N–H and O–H groups in total. The first-order chi connectivity index (χ1) is 7.61. The molecular formula is C12H14F2N2. The second-order valence-electron chi connectivity index (χ2n) is 4.00. The summed E-state index contributed by atoms with van der Waals surface area (Å²) in [5.74, 6) is -1.12. The van der Waals surface area contributed by atoms with Gasteiger partial charge >= 0.3 is 0 Å². The van der Waals surface area contributed by atoms with E-state index in [0.29, 0.717) is 17.3 Å². The van der Waals surface area contributed by atoms with Gasteiger partial charge in [-0.1, -0.05) is 6.92 Å². The van der Waals surface area contributed by atoms with Gasteiger partial charge in [0, 0.05) is 23.7 Å². The SMILES string of the molecule is CC[C@H](N)Cc1c[nH]c2c(F)cc(F)cc12. The summed E-state index contributed by atoms with van der Waals surface area (Å²) in [4.78, 5) is 2.82. The molecule has 2 aromatic rings. The zero-order valence-electron chi connectivity index (χ0n) is 9.06. The van der Waals surface area contributed by atoms with Gasteiger partial charge in [0.25, 0.3) is 0 Å². The zero-order chi connectivity index (χ0) is 11.7. The topological polar surface area (TPSA) is 41.8 Å². The molecule has 1 heterocycles. The number of halogens is 2. The molecule has 0 aliphatic rings. The van der Waals surface area contributed by atoms with Gasteiger partial charge in [-0.2, -0.15) is 0 Å². The van der Waals surface area contributed by atoms with Gasteiger partial charge in [-0.15, -0.1) is 0 Å². The molecule has 86 valence electrons. The maximum atomic E-state index is 13.4. The van der Waals surface area contributed by atoms with Crippen LogP contribution in [0.1, 0.15) is 18.9 Å². The van der Waals surface area contributed by atoms with Crippen LogP contribution < -0.4 is 5.73 Å². The Morgan fingerprint density at radius 3 is 2.81 bits per heavy atom. The molecule has 4 heteroatoms. The van der Waals surface area contributed by atoms with Gasteiger partial charge in [0.1, 0.15) is 11.6 Å². The number of aromatic amines is 1. The fraction of sp³-hybridized carbons (Fsp3) is 0.333. The van der Waals surface area contributed by atoms with Gasteiger partial charge in [-0.25, -0.2) is 8.78 Å². The van der Waals surface area contributed by atoms with Gasteiger partial charge < -0.3 is 10.7 Å². The summed E-state index contributed by atoms with van der Waals surface area (Å²) in [7, 11) is 0. The Hall–Kier alpha value is -1.42. The van der Waals surface area contributed by atoms with Crippen LogP contribution in [0.25, 0.3) is 10.9 Å². The van der Waals surface area contributed by atoms with Crippen molar-refractivity contribution in [2.75, 3.05) is 0 Å². The Labute approximate surface area is 92.5 Å². The van der Waals surface area contributed by atoms with Gasteiger partial charge in [-0.3, -0.25) is 0 Å². The van der Waals surface area contributed by atoms with Crippen molar-refractivity contribution in [3.63, 3.8) is 0 Å². The van der Waals surface area contributed by atoms with E-state index < -0.39 is 11.6 Å². The number of benzene rings is 1. The smallest absolute Gasteiger partial charge is 0.150 e. The van der Waals surface area contributed by atoms with Gasteiger partial charge in [0.2, 0.25) is 0 Å². The molecule has 0 bridgehead atoms. The number of nitrogens with one attached hydrogen (secondary N) is 1. The molecular weight excluding hydrogens is 210 g/mol. The van der Waals surface area contributed by atoms with E-state index in [1.807, 2.05) is 6.92 Å². The Kier molecular flexibility index (Phi) is 2.92. The van der Waals surface area contributed by atoms with E-state index in [4.69, 9.17) is 5.73 Å². The number of H-pyrrole nitrogens is 1. The van der Waals surface area contributed by atoms with Crippen LogP contribution in [0.3, 0.4) is 0 Å². The summed E-state index contributed by atoms with van der Waals surface area (Å²) in [6.07, 6.45) is 3.16. The lowest BCUT2D eigenvalue weighted by molar-refractivity contribution is 0.590. The second kappa shape index (κ2) is 4.22. The van der Waals surface area contributed by atoms with Crippen molar-refractivity contribution >= 4 is 10.9 Å². The van der Waals surface area contributed by atoms with Crippen LogP contribution in [0, 0.1) is 11.6 Å². The monoisotopic (exact) mass is 224 g/mol. The van der Waals surface area contributed by atoms with Gasteiger partial charge in [0.05, 0.1) is 5.52 Å². The molecule has 0 aliphatic carbocycles. The van der Waals surface area contributed by atoms with E-state index in [1.165, 1.54) is 6.07 Å². The highest BCUT2D eigenvalue weighted by atomic mass is 19.1. The predicted molar refractivity (Wildman–Crippen MR) is 60.2 cm³/mol. The third kappa shape index (κ3) is 1.93. The molecule has 0 saturated heterocycles. The Morgan fingerprint density at radius 2 is 2.12 bits per heavy atom. The molecule has 1 atom stereocenters. The van der Waals surface area contributed by atoms with Crippen LogP contribution >= 0.6 is 0 Å². The Bertz CT molecular complexity index is 505. The fourth-order valence-corrected chi connectivity index (χ4v) is 1.81. The second-order valence-corrected chi connectivity index (χ2v) is 4.00. The van der Waals surface area contributed by atoms with E-state index in [2.05, 4.69) is 4.98 Å². The molecule has 0 saturated carbocycles. The van der Waals surface area contributed by atoms with Crippen molar-refractivity contribution in [2.24, 2.45) is 5.73 Å². The first-order valence-corrected chi connectivity index (χ1v) is 5.32. The van der Waals surface area contributed by atoms with Crippen molar-refractivity contribution in [1.29, 1.82) is 0 Å². The molecule has 16 heavy (non-hydrogen) atoms. The van der Waals surface area contributed by atoms with Crippen LogP contribution in [-0.4, -0.2) is 11.0 Å². The fourth-order valence-electron chi connectivity index (χ4n) is 1.81. The predicted octanol–water partition coefficient (Wildman–Crippen LogP) is 2.73. The average Bonchev–Trinajstić information content (AvgIpc) is 2.61. The first-order valence-electron chi connectivity index (χ1n) is 5.32. The molecule has 1 aromatic heterocycles. The van der Waals surface area contributed by atoms with E-state index in [9.17, 15) is 8.78 Å². The Balaban J connectivity index is 2.47. The highest BCUT2D eigenvalue weighted by Gasteiger charge is 2.11. The molecule has 0 fully saturated rings. The lowest BCUT2D eigenvalue weighted by Crippen LogP contribution is -2.21. The van der Waals surface area contributed by atoms with Crippen LogP contribution in [-0.2, 0) is 6.42 Å². The number of aromatic nitrogens is 1. The molecule has 0 aliphatic heterocycles. The van der Waals surface area contributed by atoms with Gasteiger partial charge in [0.15, 0.2) is 0 Å². The van der Waals surface area contributed by atoms with E-state index >= 15 is 0 Å². The average molecular weight is 224 g/mol. The molecule has 0 amide bonds. The lowest BCUT2D eigenvalue weighted by Gasteiger charge is -2.07. The zero-order valence-corrected chi connectivity index (χ0v) is 9.06. The van der Waals surface area contributed by atoms with E-state index in [1.54, 1.807) is 6.20 Å². The summed E-state index contributed by atoms with van der Waals surface area (Å²) >= 11 is 0. The van der Waals surface area contributed by atoms with Crippen molar-refractivity contribution in [3.8, 4) is 0 Å². The van der Waals surface area contributed by atoms with Crippen molar-refractivity contribution in [2.45, 2.75) is 25.8 Å². The molecule has 0 radical (unpaired) electrons. The Morgan fingerprint density at radius 1 is 1.38 bits per heavy atom. The summed E-state index contributed by atoms with van der Waals surface area (Å²) < 4.78 is 26.5. The molecule has 0 unspecified atom stereocenters. The largest absolute Gasteiger partial charge is 0.359 e. The normalized spacial score (nSPS) is 13.2. The lowest BCUT2D eigenvalue weighted by atomic mass is 10.0. The maximum absolute atomic E-state index is 13.4. The first kappa shape index (κ1) is 11.1. The van der Waals surface area contributed by atoms with Crippen LogP contribution in [0.2, 0.25) is 0 Å². The summed E-state index contributed by atoms with van der Waals surface area (Å²) in [6, 6.07) is 2.24. The summed E-state index contributed by atoms with van der Waals surface area (Å²) in [5.41, 5.74) is 7.04. The minimum Gasteiger partial charge on any atom is -0.359 e. The number of hydrogen-bond donors (Lipinski definition) is 2. The number of nitrogens with two attached hydrogens (primary N) is 1. The summed E-state index contributed by atoms with van der Waals surface area (Å²) in [6.45, 7) is 1.99. The summed E-state index contributed by atoms with van der Waals surface area (Å²) in [5, 5.41) is 0.585. The van der Waals surface area contributed by atoms with Gasteiger partial charge in [-0.05, 0) is 24.5 Å².